The van der Waals surface area contributed by atoms with Crippen LogP contribution in [0.25, 0.3) is 0 Å². The average Bonchev–Trinajstić information content (AvgIpc) is 2.50. The number of methoxy groups -OCH3 is 1. The van der Waals surface area contributed by atoms with Crippen molar-refractivity contribution in [1.29, 1.82) is 0 Å². The minimum atomic E-state index is -0.125. The molecule has 0 aromatic heterocycles. The Morgan fingerprint density at radius 1 is 1.05 bits per heavy atom. The SMILES string of the molecule is C=C[C@H](c1ccc(Br)cc1)[C@@H](N)c1ccc(OC)cc1. The summed E-state index contributed by atoms with van der Waals surface area (Å²) in [6.07, 6.45) is 1.90. The van der Waals surface area contributed by atoms with E-state index in [4.69, 9.17) is 10.5 Å². The highest BCUT2D eigenvalue weighted by molar-refractivity contribution is 9.10. The zero-order valence-corrected chi connectivity index (χ0v) is 13.0. The van der Waals surface area contributed by atoms with Gasteiger partial charge in [-0.3, -0.25) is 0 Å². The predicted octanol–water partition coefficient (Wildman–Crippen LogP) is 4.43. The van der Waals surface area contributed by atoms with Gasteiger partial charge >= 0.3 is 0 Å². The highest BCUT2D eigenvalue weighted by atomic mass is 79.9. The fourth-order valence-electron chi connectivity index (χ4n) is 2.21. The van der Waals surface area contributed by atoms with Gasteiger partial charge in [-0.1, -0.05) is 46.3 Å². The van der Waals surface area contributed by atoms with Crippen molar-refractivity contribution in [3.63, 3.8) is 0 Å². The Bertz CT molecular complexity index is 563. The molecule has 0 spiro atoms. The lowest BCUT2D eigenvalue weighted by atomic mass is 9.88. The van der Waals surface area contributed by atoms with Gasteiger partial charge in [-0.05, 0) is 35.4 Å². The highest BCUT2D eigenvalue weighted by Crippen LogP contribution is 2.31. The third kappa shape index (κ3) is 3.30. The topological polar surface area (TPSA) is 35.2 Å². The molecule has 104 valence electrons. The van der Waals surface area contributed by atoms with Crippen molar-refractivity contribution in [1.82, 2.24) is 0 Å². The van der Waals surface area contributed by atoms with Gasteiger partial charge in [0.05, 0.1) is 7.11 Å². The molecule has 2 N–H and O–H groups in total. The highest BCUT2D eigenvalue weighted by Gasteiger charge is 2.18. The number of halogens is 1. The summed E-state index contributed by atoms with van der Waals surface area (Å²) in [6.45, 7) is 3.92. The second-order valence-electron chi connectivity index (χ2n) is 4.61. The molecule has 2 atom stereocenters. The van der Waals surface area contributed by atoms with Crippen LogP contribution in [0.15, 0.2) is 65.7 Å². The molecule has 2 aromatic rings. The molecule has 2 rings (SSSR count). The van der Waals surface area contributed by atoms with E-state index in [1.807, 2.05) is 42.5 Å². The van der Waals surface area contributed by atoms with Crippen molar-refractivity contribution >= 4 is 15.9 Å². The van der Waals surface area contributed by atoms with Crippen molar-refractivity contribution in [2.24, 2.45) is 5.73 Å². The Kier molecular flexibility index (Phi) is 4.99. The van der Waals surface area contributed by atoms with Crippen LogP contribution in [0.1, 0.15) is 23.1 Å². The Balaban J connectivity index is 2.25. The lowest BCUT2D eigenvalue weighted by molar-refractivity contribution is 0.414. The molecule has 0 radical (unpaired) electrons. The van der Waals surface area contributed by atoms with Crippen molar-refractivity contribution in [2.45, 2.75) is 12.0 Å². The van der Waals surface area contributed by atoms with Gasteiger partial charge in [0.2, 0.25) is 0 Å². The maximum Gasteiger partial charge on any atom is 0.118 e. The number of ether oxygens (including phenoxy) is 1. The van der Waals surface area contributed by atoms with Crippen molar-refractivity contribution < 1.29 is 4.74 Å². The number of hydrogen-bond acceptors (Lipinski definition) is 2. The van der Waals surface area contributed by atoms with Gasteiger partial charge in [0.25, 0.3) is 0 Å². The van der Waals surface area contributed by atoms with Crippen LogP contribution in [-0.2, 0) is 0 Å². The first-order valence-corrected chi connectivity index (χ1v) is 7.22. The molecular weight excluding hydrogens is 314 g/mol. The smallest absolute Gasteiger partial charge is 0.118 e. The first-order chi connectivity index (χ1) is 9.65. The van der Waals surface area contributed by atoms with Gasteiger partial charge in [-0.25, -0.2) is 0 Å². The first-order valence-electron chi connectivity index (χ1n) is 6.43. The van der Waals surface area contributed by atoms with E-state index in [1.54, 1.807) is 7.11 Å². The van der Waals surface area contributed by atoms with Crippen molar-refractivity contribution in [2.75, 3.05) is 7.11 Å². The first kappa shape index (κ1) is 14.8. The summed E-state index contributed by atoms with van der Waals surface area (Å²) < 4.78 is 6.22. The summed E-state index contributed by atoms with van der Waals surface area (Å²) in [6, 6.07) is 15.9. The number of nitrogens with two attached hydrogens (primary N) is 1. The Morgan fingerprint density at radius 3 is 2.10 bits per heavy atom. The van der Waals surface area contributed by atoms with E-state index < -0.39 is 0 Å². The molecule has 0 heterocycles. The third-order valence-electron chi connectivity index (χ3n) is 3.40. The molecule has 20 heavy (non-hydrogen) atoms. The van der Waals surface area contributed by atoms with Crippen LogP contribution >= 0.6 is 15.9 Å². The average molecular weight is 332 g/mol. The predicted molar refractivity (Wildman–Crippen MR) is 87.0 cm³/mol. The van der Waals surface area contributed by atoms with E-state index in [9.17, 15) is 0 Å². The summed E-state index contributed by atoms with van der Waals surface area (Å²) in [5.41, 5.74) is 8.61. The zero-order chi connectivity index (χ0) is 14.5. The minimum absolute atomic E-state index is 0.0801. The molecule has 0 fully saturated rings. The van der Waals surface area contributed by atoms with Crippen molar-refractivity contribution in [3.05, 3.63) is 76.8 Å². The normalized spacial score (nSPS) is 13.6. The number of rotatable bonds is 5. The van der Waals surface area contributed by atoms with Gasteiger partial charge in [-0.2, -0.15) is 0 Å². The van der Waals surface area contributed by atoms with Crippen LogP contribution in [-0.4, -0.2) is 7.11 Å². The zero-order valence-electron chi connectivity index (χ0n) is 11.4. The van der Waals surface area contributed by atoms with Gasteiger partial charge in [0, 0.05) is 16.4 Å². The van der Waals surface area contributed by atoms with E-state index in [0.717, 1.165) is 21.3 Å². The Labute approximate surface area is 128 Å². The second-order valence-corrected chi connectivity index (χ2v) is 5.53. The van der Waals surface area contributed by atoms with E-state index in [1.165, 1.54) is 0 Å². The molecule has 2 nitrogen and oxygen atoms in total. The molecular formula is C17H18BrNO. The largest absolute Gasteiger partial charge is 0.497 e. The van der Waals surface area contributed by atoms with E-state index in [-0.39, 0.29) is 12.0 Å². The summed E-state index contributed by atoms with van der Waals surface area (Å²) in [7, 11) is 1.66. The Hall–Kier alpha value is -1.58. The van der Waals surface area contributed by atoms with Crippen LogP contribution in [0.3, 0.4) is 0 Å². The van der Waals surface area contributed by atoms with Gasteiger partial charge in [0.15, 0.2) is 0 Å². The lowest BCUT2D eigenvalue weighted by Crippen LogP contribution is -2.18. The molecule has 0 aliphatic rings. The number of hydrogen-bond donors (Lipinski definition) is 1. The standard InChI is InChI=1S/C17H18BrNO/c1-3-16(12-4-8-14(18)9-5-12)17(19)13-6-10-15(20-2)11-7-13/h3-11,16-17H,1,19H2,2H3/t16-,17+/m1/s1. The molecule has 2 aromatic carbocycles. The summed E-state index contributed by atoms with van der Waals surface area (Å²) in [4.78, 5) is 0. The molecule has 0 aliphatic carbocycles. The van der Waals surface area contributed by atoms with Crippen LogP contribution in [0.5, 0.6) is 5.75 Å². The maximum atomic E-state index is 6.39. The molecule has 0 bridgehead atoms. The van der Waals surface area contributed by atoms with E-state index in [2.05, 4.69) is 34.6 Å². The molecule has 3 heteroatoms. The molecule has 0 aliphatic heterocycles. The maximum absolute atomic E-state index is 6.39. The fraction of sp³-hybridized carbons (Fsp3) is 0.176. The summed E-state index contributed by atoms with van der Waals surface area (Å²) >= 11 is 3.44. The van der Waals surface area contributed by atoms with Crippen LogP contribution in [0, 0.1) is 0 Å². The monoisotopic (exact) mass is 331 g/mol. The minimum Gasteiger partial charge on any atom is -0.497 e. The summed E-state index contributed by atoms with van der Waals surface area (Å²) in [5.74, 6) is 0.913. The second kappa shape index (κ2) is 6.73. The quantitative estimate of drug-likeness (QED) is 0.822. The number of benzene rings is 2. The van der Waals surface area contributed by atoms with Crippen LogP contribution in [0.2, 0.25) is 0 Å². The Morgan fingerprint density at radius 2 is 1.60 bits per heavy atom. The van der Waals surface area contributed by atoms with Gasteiger partial charge < -0.3 is 10.5 Å². The van der Waals surface area contributed by atoms with Gasteiger partial charge in [0.1, 0.15) is 5.75 Å². The third-order valence-corrected chi connectivity index (χ3v) is 3.93. The van der Waals surface area contributed by atoms with E-state index >= 15 is 0 Å². The fourth-order valence-corrected chi connectivity index (χ4v) is 2.47. The molecule has 0 amide bonds. The molecule has 0 saturated carbocycles. The van der Waals surface area contributed by atoms with Crippen LogP contribution in [0.4, 0.5) is 0 Å². The van der Waals surface area contributed by atoms with Crippen molar-refractivity contribution in [3.8, 4) is 5.75 Å². The molecule has 0 saturated heterocycles. The van der Waals surface area contributed by atoms with Crippen LogP contribution < -0.4 is 10.5 Å². The van der Waals surface area contributed by atoms with Gasteiger partial charge in [-0.15, -0.1) is 6.58 Å². The van der Waals surface area contributed by atoms with E-state index in [0.29, 0.717) is 0 Å². The molecule has 0 unspecified atom stereocenters. The lowest BCUT2D eigenvalue weighted by Gasteiger charge is -2.22. The summed E-state index contributed by atoms with van der Waals surface area (Å²) in [5, 5.41) is 0.